The highest BCUT2D eigenvalue weighted by Gasteiger charge is 1.79. The fourth-order valence-corrected chi connectivity index (χ4v) is 0.715. The van der Waals surface area contributed by atoms with Gasteiger partial charge >= 0.3 is 0 Å². The number of rotatable bonds is 2. The molecule has 0 saturated heterocycles. The van der Waals surface area contributed by atoms with Crippen molar-refractivity contribution in [3.05, 3.63) is 42.0 Å². The van der Waals surface area contributed by atoms with Gasteiger partial charge in [-0.1, -0.05) is 36.4 Å². The van der Waals surface area contributed by atoms with Gasteiger partial charge in [0.15, 0.2) is 0 Å². The third-order valence-corrected chi connectivity index (χ3v) is 1.17. The van der Waals surface area contributed by atoms with Crippen LogP contribution in [0.4, 0.5) is 0 Å². The van der Waals surface area contributed by atoms with Crippen LogP contribution in [0.2, 0.25) is 0 Å². The topological polar surface area (TPSA) is 34.1 Å². The summed E-state index contributed by atoms with van der Waals surface area (Å²) in [6.07, 6.45) is 4.77. The average Bonchev–Trinajstić information content (AvgIpc) is 2.18. The molecular formula is C11H12O2. The maximum Gasteiger partial charge on any atom is 0.142 e. The second-order valence-electron chi connectivity index (χ2n) is 2.14. The van der Waals surface area contributed by atoms with Crippen LogP contribution < -0.4 is 0 Å². The predicted molar refractivity (Wildman–Crippen MR) is 53.3 cm³/mol. The number of carbonyl (C=O) groups excluding carboxylic acids is 2. The lowest BCUT2D eigenvalue weighted by Gasteiger charge is -1.86. The molecule has 1 rings (SSSR count). The van der Waals surface area contributed by atoms with Crippen LogP contribution in [0, 0.1) is 0 Å². The number of hydrogen-bond acceptors (Lipinski definition) is 2. The minimum atomic E-state index is 0.750. The highest BCUT2D eigenvalue weighted by atomic mass is 16.1. The summed E-state index contributed by atoms with van der Waals surface area (Å²) < 4.78 is 0. The van der Waals surface area contributed by atoms with E-state index in [4.69, 9.17) is 4.79 Å². The molecule has 0 saturated carbocycles. The summed E-state index contributed by atoms with van der Waals surface area (Å²) in [6, 6.07) is 9.70. The van der Waals surface area contributed by atoms with Crippen LogP contribution in [0.1, 0.15) is 12.5 Å². The maximum atomic E-state index is 9.89. The van der Waals surface area contributed by atoms with Crippen LogP contribution in [0.25, 0.3) is 6.08 Å². The zero-order valence-corrected chi connectivity index (χ0v) is 7.51. The number of allylic oxidation sites excluding steroid dienone is 1. The molecule has 0 spiro atoms. The zero-order chi connectivity index (χ0) is 9.94. The van der Waals surface area contributed by atoms with E-state index in [0.717, 1.165) is 18.1 Å². The Balaban J connectivity index is 0.000000424. The van der Waals surface area contributed by atoms with Crippen LogP contribution >= 0.6 is 0 Å². The van der Waals surface area contributed by atoms with Crippen molar-refractivity contribution in [2.24, 2.45) is 0 Å². The minimum Gasteiger partial charge on any atom is -0.304 e. The molecule has 13 heavy (non-hydrogen) atoms. The van der Waals surface area contributed by atoms with E-state index in [0.29, 0.717) is 0 Å². The van der Waals surface area contributed by atoms with E-state index in [1.54, 1.807) is 6.08 Å². The molecule has 2 nitrogen and oxygen atoms in total. The van der Waals surface area contributed by atoms with Crippen molar-refractivity contribution >= 4 is 18.6 Å². The van der Waals surface area contributed by atoms with Gasteiger partial charge < -0.3 is 4.79 Å². The molecule has 0 N–H and O–H groups in total. The fraction of sp³-hybridized carbons (Fsp3) is 0.0909. The van der Waals surface area contributed by atoms with Crippen LogP contribution in [0.3, 0.4) is 0 Å². The molecule has 0 radical (unpaired) electrons. The standard InChI is InChI=1S/C9H8O.C2H4O/c10-8-4-7-9-5-2-1-3-6-9;1-2-3/h1-8H;2H,1H3/b7-4+;. The average molecular weight is 176 g/mol. The monoisotopic (exact) mass is 176 g/mol. The first-order chi connectivity index (χ1) is 6.35. The van der Waals surface area contributed by atoms with E-state index in [1.807, 2.05) is 30.3 Å². The van der Waals surface area contributed by atoms with Crippen molar-refractivity contribution in [3.8, 4) is 0 Å². The van der Waals surface area contributed by atoms with Gasteiger partial charge in [-0.25, -0.2) is 0 Å². The molecule has 0 aliphatic rings. The van der Waals surface area contributed by atoms with E-state index in [9.17, 15) is 4.79 Å². The molecule has 2 heteroatoms. The normalized spacial score (nSPS) is 8.69. The number of hydrogen-bond donors (Lipinski definition) is 0. The van der Waals surface area contributed by atoms with Gasteiger partial charge in [-0.3, -0.25) is 4.79 Å². The molecule has 0 unspecified atom stereocenters. The van der Waals surface area contributed by atoms with E-state index < -0.39 is 0 Å². The van der Waals surface area contributed by atoms with Gasteiger partial charge in [0.2, 0.25) is 0 Å². The number of carbonyl (C=O) groups is 2. The second kappa shape index (κ2) is 8.40. The molecule has 1 aromatic rings. The number of benzene rings is 1. The molecule has 0 aliphatic carbocycles. The molecule has 0 amide bonds. The molecule has 1 aromatic carbocycles. The van der Waals surface area contributed by atoms with Crippen molar-refractivity contribution in [3.63, 3.8) is 0 Å². The van der Waals surface area contributed by atoms with Crippen molar-refractivity contribution in [1.29, 1.82) is 0 Å². The van der Waals surface area contributed by atoms with Gasteiger partial charge in [0.05, 0.1) is 0 Å². The SMILES string of the molecule is CC=O.O=C/C=C/c1ccccc1. The first kappa shape index (κ1) is 11.3. The second-order valence-corrected chi connectivity index (χ2v) is 2.14. The Morgan fingerprint density at radius 3 is 2.08 bits per heavy atom. The Bertz CT molecular complexity index is 263. The summed E-state index contributed by atoms with van der Waals surface area (Å²) in [7, 11) is 0. The molecular weight excluding hydrogens is 164 g/mol. The van der Waals surface area contributed by atoms with Crippen LogP contribution in [0.5, 0.6) is 0 Å². The Morgan fingerprint density at radius 1 is 1.08 bits per heavy atom. The molecule has 0 heterocycles. The molecule has 0 atom stereocenters. The summed E-state index contributed by atoms with van der Waals surface area (Å²) in [5.74, 6) is 0. The Morgan fingerprint density at radius 2 is 1.62 bits per heavy atom. The molecule has 0 bridgehead atoms. The minimum absolute atomic E-state index is 0.750. The van der Waals surface area contributed by atoms with E-state index >= 15 is 0 Å². The summed E-state index contributed by atoms with van der Waals surface area (Å²) in [5, 5.41) is 0. The molecule has 0 aliphatic heterocycles. The first-order valence-corrected chi connectivity index (χ1v) is 3.91. The first-order valence-electron chi connectivity index (χ1n) is 3.91. The summed E-state index contributed by atoms with van der Waals surface area (Å²) in [6.45, 7) is 1.44. The third-order valence-electron chi connectivity index (χ3n) is 1.17. The largest absolute Gasteiger partial charge is 0.304 e. The van der Waals surface area contributed by atoms with Crippen molar-refractivity contribution in [2.45, 2.75) is 6.92 Å². The van der Waals surface area contributed by atoms with Crippen molar-refractivity contribution < 1.29 is 9.59 Å². The lowest BCUT2D eigenvalue weighted by atomic mass is 10.2. The summed E-state index contributed by atoms with van der Waals surface area (Å²) in [4.78, 5) is 18.7. The van der Waals surface area contributed by atoms with E-state index in [-0.39, 0.29) is 0 Å². The molecule has 0 fully saturated rings. The summed E-state index contributed by atoms with van der Waals surface area (Å²) in [5.41, 5.74) is 1.05. The van der Waals surface area contributed by atoms with Gasteiger partial charge in [-0.05, 0) is 18.6 Å². The molecule has 68 valence electrons. The molecule has 0 aromatic heterocycles. The predicted octanol–water partition coefficient (Wildman–Crippen LogP) is 2.10. The van der Waals surface area contributed by atoms with Gasteiger partial charge in [0.25, 0.3) is 0 Å². The fourth-order valence-electron chi connectivity index (χ4n) is 0.715. The van der Waals surface area contributed by atoms with Crippen molar-refractivity contribution in [1.82, 2.24) is 0 Å². The van der Waals surface area contributed by atoms with Crippen LogP contribution in [0.15, 0.2) is 36.4 Å². The third kappa shape index (κ3) is 6.69. The van der Waals surface area contributed by atoms with Crippen LogP contribution in [-0.2, 0) is 9.59 Å². The van der Waals surface area contributed by atoms with Gasteiger partial charge in [0, 0.05) is 0 Å². The Hall–Kier alpha value is -1.70. The lowest BCUT2D eigenvalue weighted by Crippen LogP contribution is -1.67. The highest BCUT2D eigenvalue weighted by Crippen LogP contribution is 1.99. The van der Waals surface area contributed by atoms with Gasteiger partial charge in [0.1, 0.15) is 12.6 Å². The van der Waals surface area contributed by atoms with Gasteiger partial charge in [-0.2, -0.15) is 0 Å². The smallest absolute Gasteiger partial charge is 0.142 e. The summed E-state index contributed by atoms with van der Waals surface area (Å²) >= 11 is 0. The highest BCUT2D eigenvalue weighted by molar-refractivity contribution is 5.73. The zero-order valence-electron chi connectivity index (χ0n) is 7.51. The van der Waals surface area contributed by atoms with Crippen LogP contribution in [-0.4, -0.2) is 12.6 Å². The van der Waals surface area contributed by atoms with Crippen molar-refractivity contribution in [2.75, 3.05) is 0 Å². The van der Waals surface area contributed by atoms with E-state index in [1.165, 1.54) is 13.0 Å². The Labute approximate surface area is 77.9 Å². The Kier molecular flexibility index (Phi) is 7.30. The van der Waals surface area contributed by atoms with Gasteiger partial charge in [-0.15, -0.1) is 0 Å². The number of aldehydes is 2. The van der Waals surface area contributed by atoms with E-state index in [2.05, 4.69) is 0 Å². The quantitative estimate of drug-likeness (QED) is 0.511. The lowest BCUT2D eigenvalue weighted by molar-refractivity contribution is -0.106. The maximum absolute atomic E-state index is 9.89.